The van der Waals surface area contributed by atoms with E-state index in [2.05, 4.69) is 15.6 Å². The van der Waals surface area contributed by atoms with Crippen LogP contribution in [0.25, 0.3) is 0 Å². The minimum absolute atomic E-state index is 0.0199. The molecular weight excluding hydrogens is 298 g/mol. The molecule has 0 saturated heterocycles. The van der Waals surface area contributed by atoms with Gasteiger partial charge < -0.3 is 15.4 Å². The number of amides is 2. The number of hydrogen-bond acceptors (Lipinski definition) is 4. The average Bonchev–Trinajstić information content (AvgIpc) is 2.96. The monoisotopic (exact) mass is 319 g/mol. The van der Waals surface area contributed by atoms with Crippen molar-refractivity contribution in [2.75, 3.05) is 7.11 Å². The normalized spacial score (nSPS) is 11.8. The number of rotatable bonds is 6. The zero-order valence-corrected chi connectivity index (χ0v) is 13.9. The summed E-state index contributed by atoms with van der Waals surface area (Å²) in [7, 11) is 1.64. The molecule has 2 amide bonds. The van der Waals surface area contributed by atoms with Crippen molar-refractivity contribution >= 4 is 17.4 Å². The smallest absolute Gasteiger partial charge is 0.315 e. The van der Waals surface area contributed by atoms with Crippen molar-refractivity contribution in [3.05, 3.63) is 45.9 Å². The zero-order valence-electron chi connectivity index (χ0n) is 13.1. The zero-order chi connectivity index (χ0) is 15.9. The number of hydrogen-bond donors (Lipinski definition) is 2. The van der Waals surface area contributed by atoms with Crippen LogP contribution in [-0.4, -0.2) is 18.1 Å². The SMILES string of the molecule is CCC(NC(=O)NCc1scnc1C)c1ccc(OC)cc1. The van der Waals surface area contributed by atoms with E-state index in [1.165, 1.54) is 0 Å². The van der Waals surface area contributed by atoms with Gasteiger partial charge in [0.15, 0.2) is 0 Å². The molecule has 22 heavy (non-hydrogen) atoms. The molecule has 0 saturated carbocycles. The molecule has 2 rings (SSSR count). The van der Waals surface area contributed by atoms with E-state index in [1.54, 1.807) is 24.0 Å². The predicted molar refractivity (Wildman–Crippen MR) is 88.2 cm³/mol. The third kappa shape index (κ3) is 4.21. The number of nitrogens with one attached hydrogen (secondary N) is 2. The van der Waals surface area contributed by atoms with E-state index in [0.717, 1.165) is 28.3 Å². The molecule has 0 bridgehead atoms. The number of thiazole rings is 1. The van der Waals surface area contributed by atoms with Crippen molar-refractivity contribution in [3.63, 3.8) is 0 Å². The van der Waals surface area contributed by atoms with Crippen LogP contribution in [0.15, 0.2) is 29.8 Å². The first kappa shape index (κ1) is 16.3. The molecule has 1 heterocycles. The Labute approximate surface area is 134 Å². The summed E-state index contributed by atoms with van der Waals surface area (Å²) in [5, 5.41) is 5.87. The lowest BCUT2D eigenvalue weighted by atomic mass is 10.0. The summed E-state index contributed by atoms with van der Waals surface area (Å²) in [5.74, 6) is 0.809. The van der Waals surface area contributed by atoms with Gasteiger partial charge in [0.25, 0.3) is 0 Å². The van der Waals surface area contributed by atoms with Crippen LogP contribution in [0.5, 0.6) is 5.75 Å². The fourth-order valence-electron chi connectivity index (χ4n) is 2.12. The van der Waals surface area contributed by atoms with E-state index >= 15 is 0 Å². The van der Waals surface area contributed by atoms with Gasteiger partial charge in [-0.25, -0.2) is 9.78 Å². The Balaban J connectivity index is 1.91. The van der Waals surface area contributed by atoms with Crippen LogP contribution in [0.1, 0.15) is 35.5 Å². The number of ether oxygens (including phenoxy) is 1. The van der Waals surface area contributed by atoms with Crippen LogP contribution < -0.4 is 15.4 Å². The van der Waals surface area contributed by atoms with Gasteiger partial charge in [-0.2, -0.15) is 0 Å². The number of benzene rings is 1. The van der Waals surface area contributed by atoms with Crippen molar-refractivity contribution in [3.8, 4) is 5.75 Å². The maximum Gasteiger partial charge on any atom is 0.315 e. The average molecular weight is 319 g/mol. The van der Waals surface area contributed by atoms with Gasteiger partial charge >= 0.3 is 6.03 Å². The molecule has 2 N–H and O–H groups in total. The highest BCUT2D eigenvalue weighted by molar-refractivity contribution is 7.09. The fourth-order valence-corrected chi connectivity index (χ4v) is 2.84. The molecule has 118 valence electrons. The first-order valence-electron chi connectivity index (χ1n) is 7.21. The van der Waals surface area contributed by atoms with Gasteiger partial charge in [0.2, 0.25) is 0 Å². The number of carbonyl (C=O) groups excluding carboxylic acids is 1. The van der Waals surface area contributed by atoms with Gasteiger partial charge in [0.1, 0.15) is 5.75 Å². The molecule has 0 spiro atoms. The Bertz CT molecular complexity index is 610. The van der Waals surface area contributed by atoms with Gasteiger partial charge in [-0.1, -0.05) is 19.1 Å². The minimum Gasteiger partial charge on any atom is -0.497 e. The quantitative estimate of drug-likeness (QED) is 0.857. The van der Waals surface area contributed by atoms with Crippen molar-refractivity contribution in [2.24, 2.45) is 0 Å². The highest BCUT2D eigenvalue weighted by Gasteiger charge is 2.13. The van der Waals surface area contributed by atoms with Crippen LogP contribution in [0.4, 0.5) is 4.79 Å². The number of methoxy groups -OCH3 is 1. The number of carbonyl (C=O) groups is 1. The van der Waals surface area contributed by atoms with Crippen molar-refractivity contribution < 1.29 is 9.53 Å². The number of aromatic nitrogens is 1. The molecule has 0 fully saturated rings. The summed E-state index contributed by atoms with van der Waals surface area (Å²) in [6.45, 7) is 4.49. The largest absolute Gasteiger partial charge is 0.497 e. The maximum atomic E-state index is 12.1. The van der Waals surface area contributed by atoms with Crippen LogP contribution >= 0.6 is 11.3 Å². The Morgan fingerprint density at radius 1 is 1.36 bits per heavy atom. The molecule has 5 nitrogen and oxygen atoms in total. The van der Waals surface area contributed by atoms with E-state index in [-0.39, 0.29) is 12.1 Å². The second-order valence-corrected chi connectivity index (χ2v) is 5.86. The molecule has 0 aliphatic carbocycles. The molecule has 1 unspecified atom stereocenters. The van der Waals surface area contributed by atoms with E-state index in [4.69, 9.17) is 4.74 Å². The summed E-state index contributed by atoms with van der Waals surface area (Å²) in [6, 6.07) is 7.56. The molecule has 0 radical (unpaired) electrons. The van der Waals surface area contributed by atoms with Crippen LogP contribution in [0, 0.1) is 6.92 Å². The van der Waals surface area contributed by atoms with Crippen LogP contribution in [-0.2, 0) is 6.54 Å². The molecule has 2 aromatic rings. The maximum absolute atomic E-state index is 12.1. The summed E-state index contributed by atoms with van der Waals surface area (Å²) >= 11 is 1.55. The van der Waals surface area contributed by atoms with Gasteiger partial charge in [0, 0.05) is 4.88 Å². The topological polar surface area (TPSA) is 63.2 Å². The van der Waals surface area contributed by atoms with Gasteiger partial charge in [-0.15, -0.1) is 11.3 Å². The Morgan fingerprint density at radius 3 is 2.64 bits per heavy atom. The van der Waals surface area contributed by atoms with Crippen molar-refractivity contribution in [2.45, 2.75) is 32.9 Å². The summed E-state index contributed by atoms with van der Waals surface area (Å²) in [5.41, 5.74) is 3.82. The molecule has 0 aliphatic rings. The number of urea groups is 1. The summed E-state index contributed by atoms with van der Waals surface area (Å²) in [4.78, 5) is 17.3. The molecule has 1 atom stereocenters. The second-order valence-electron chi connectivity index (χ2n) is 4.92. The first-order valence-corrected chi connectivity index (χ1v) is 8.09. The summed E-state index contributed by atoms with van der Waals surface area (Å²) < 4.78 is 5.15. The highest BCUT2D eigenvalue weighted by atomic mass is 32.1. The third-order valence-corrected chi connectivity index (χ3v) is 4.42. The number of nitrogens with zero attached hydrogens (tertiary/aromatic N) is 1. The Kier molecular flexibility index (Phi) is 5.77. The molecule has 1 aromatic heterocycles. The molecular formula is C16H21N3O2S. The van der Waals surface area contributed by atoms with Crippen LogP contribution in [0.3, 0.4) is 0 Å². The summed E-state index contributed by atoms with van der Waals surface area (Å²) in [6.07, 6.45) is 0.819. The van der Waals surface area contributed by atoms with Gasteiger partial charge in [-0.3, -0.25) is 0 Å². The fraction of sp³-hybridized carbons (Fsp3) is 0.375. The Hall–Kier alpha value is -2.08. The highest BCUT2D eigenvalue weighted by Crippen LogP contribution is 2.20. The predicted octanol–water partition coefficient (Wildman–Crippen LogP) is 3.41. The Morgan fingerprint density at radius 2 is 2.09 bits per heavy atom. The number of aryl methyl sites for hydroxylation is 1. The molecule has 0 aliphatic heterocycles. The van der Waals surface area contributed by atoms with E-state index in [0.29, 0.717) is 6.54 Å². The standard InChI is InChI=1S/C16H21N3O2S/c1-4-14(12-5-7-13(21-3)8-6-12)19-16(20)17-9-15-11(2)18-10-22-15/h5-8,10,14H,4,9H2,1-3H3,(H2,17,19,20). The van der Waals surface area contributed by atoms with Gasteiger partial charge in [-0.05, 0) is 31.0 Å². The third-order valence-electron chi connectivity index (χ3n) is 3.49. The lowest BCUT2D eigenvalue weighted by Gasteiger charge is -2.18. The minimum atomic E-state index is -0.171. The van der Waals surface area contributed by atoms with E-state index in [1.807, 2.05) is 38.1 Å². The molecule has 1 aromatic carbocycles. The van der Waals surface area contributed by atoms with E-state index < -0.39 is 0 Å². The van der Waals surface area contributed by atoms with Crippen LogP contribution in [0.2, 0.25) is 0 Å². The second kappa shape index (κ2) is 7.79. The molecule has 6 heteroatoms. The van der Waals surface area contributed by atoms with Gasteiger partial charge in [0.05, 0.1) is 30.9 Å². The van der Waals surface area contributed by atoms with Crippen molar-refractivity contribution in [1.82, 2.24) is 15.6 Å². The lowest BCUT2D eigenvalue weighted by molar-refractivity contribution is 0.236. The van der Waals surface area contributed by atoms with E-state index in [9.17, 15) is 4.79 Å². The van der Waals surface area contributed by atoms with Crippen molar-refractivity contribution in [1.29, 1.82) is 0 Å². The lowest BCUT2D eigenvalue weighted by Crippen LogP contribution is -2.37. The first-order chi connectivity index (χ1) is 10.6.